The zero-order valence-electron chi connectivity index (χ0n) is 16.3. The van der Waals surface area contributed by atoms with Crippen LogP contribution in [0.25, 0.3) is 0 Å². The Kier molecular flexibility index (Phi) is 16.4. The van der Waals surface area contributed by atoms with E-state index in [4.69, 9.17) is 10.2 Å². The number of benzene rings is 1. The van der Waals surface area contributed by atoms with Gasteiger partial charge in [-0.05, 0) is 36.4 Å². The second-order valence-corrected chi connectivity index (χ2v) is 4.91. The van der Waals surface area contributed by atoms with Gasteiger partial charge in [-0.1, -0.05) is 24.3 Å². The molecule has 0 spiro atoms. The van der Waals surface area contributed by atoms with Gasteiger partial charge in [-0.15, -0.1) is 0 Å². The van der Waals surface area contributed by atoms with Gasteiger partial charge < -0.3 is 30.5 Å². The summed E-state index contributed by atoms with van der Waals surface area (Å²) in [7, 11) is 0. The predicted molar refractivity (Wildman–Crippen MR) is 109 cm³/mol. The molecule has 0 unspecified atom stereocenters. The number of carboxylic acids is 2. The molecule has 3 rings (SSSR count). The first-order valence-electron chi connectivity index (χ1n) is 7.43. The summed E-state index contributed by atoms with van der Waals surface area (Å²) in [6, 6.07) is 15.9. The third kappa shape index (κ3) is 8.85. The minimum atomic E-state index is -1.23. The van der Waals surface area contributed by atoms with Crippen molar-refractivity contribution in [3.05, 3.63) is 110 Å². The van der Waals surface area contributed by atoms with E-state index in [0.717, 1.165) is 0 Å². The van der Waals surface area contributed by atoms with Gasteiger partial charge in [0.2, 0.25) is 5.78 Å². The third-order valence-corrected chi connectivity index (χ3v) is 3.18. The number of hydrogen-bond donors (Lipinski definition) is 2. The fourth-order valence-corrected chi connectivity index (χ4v) is 1.98. The number of nitrogens with zero attached hydrogens (tertiary/aromatic N) is 2. The summed E-state index contributed by atoms with van der Waals surface area (Å²) in [4.78, 5) is 40.6. The van der Waals surface area contributed by atoms with E-state index in [2.05, 4.69) is 9.97 Å². The monoisotopic (exact) mass is 593 g/mol. The molecular weight excluding hydrogens is 571 g/mol. The van der Waals surface area contributed by atoms with Crippen molar-refractivity contribution >= 4 is 17.7 Å². The summed E-state index contributed by atoms with van der Waals surface area (Å²) in [5, 5.41) is 17.1. The van der Waals surface area contributed by atoms with E-state index >= 15 is 0 Å². The number of carbonyl (C=O) groups is 3. The van der Waals surface area contributed by atoms with Crippen molar-refractivity contribution < 1.29 is 51.1 Å². The maximum absolute atomic E-state index is 11.7. The topological polar surface area (TPSA) is 149 Å². The normalized spacial score (nSPS) is 8.27. The van der Waals surface area contributed by atoms with Crippen LogP contribution >= 0.6 is 0 Å². The molecular formula is C21H22N2O6Pt. The van der Waals surface area contributed by atoms with E-state index in [1.54, 1.807) is 48.8 Å². The molecule has 0 saturated heterocycles. The number of carboxylic acid groups (broad SMARTS) is 2. The van der Waals surface area contributed by atoms with Gasteiger partial charge in [-0.2, -0.15) is 0 Å². The summed E-state index contributed by atoms with van der Waals surface area (Å²) in [5.74, 6) is -2.60. The smallest absolute Gasteiger partial charge is 0.478 e. The van der Waals surface area contributed by atoms with Crippen molar-refractivity contribution in [2.45, 2.75) is 0 Å². The molecule has 162 valence electrons. The molecule has 2 aromatic heterocycles. The summed E-state index contributed by atoms with van der Waals surface area (Å²) in [6.07, 6.45) is 3.19. The first-order valence-corrected chi connectivity index (χ1v) is 7.43. The summed E-state index contributed by atoms with van der Waals surface area (Å²) < 4.78 is 0. The van der Waals surface area contributed by atoms with Gasteiger partial charge in [0.05, 0.1) is 11.1 Å². The Morgan fingerprint density at radius 2 is 0.967 bits per heavy atom. The predicted octanol–water partition coefficient (Wildman–Crippen LogP) is 2.86. The Balaban J connectivity index is -0.000000433. The molecule has 3 aromatic rings. The molecule has 0 bridgehead atoms. The minimum absolute atomic E-state index is 0. The number of ketones is 1. The molecule has 0 saturated carbocycles. The Bertz CT molecular complexity index is 847. The van der Waals surface area contributed by atoms with Gasteiger partial charge in [0.25, 0.3) is 0 Å². The van der Waals surface area contributed by atoms with Crippen LogP contribution in [0.3, 0.4) is 0 Å². The first kappa shape index (κ1) is 31.5. The molecule has 30 heavy (non-hydrogen) atoms. The van der Waals surface area contributed by atoms with Crippen molar-refractivity contribution in [1.29, 1.82) is 0 Å². The molecule has 0 aliphatic carbocycles. The largest absolute Gasteiger partial charge is 2.00 e. The van der Waals surface area contributed by atoms with Gasteiger partial charge in [0, 0.05) is 12.4 Å². The Morgan fingerprint density at radius 1 is 0.633 bits per heavy atom. The average Bonchev–Trinajstić information content (AvgIpc) is 2.69. The molecule has 8 nitrogen and oxygen atoms in total. The van der Waals surface area contributed by atoms with Crippen LogP contribution in [0, 0.1) is 14.9 Å². The molecule has 0 aliphatic rings. The first-order chi connectivity index (χ1) is 12.5. The van der Waals surface area contributed by atoms with Crippen molar-refractivity contribution in [2.24, 2.45) is 0 Å². The molecule has 0 amide bonds. The van der Waals surface area contributed by atoms with E-state index in [1.165, 1.54) is 24.3 Å². The van der Waals surface area contributed by atoms with Gasteiger partial charge in [-0.25, -0.2) is 9.59 Å². The second-order valence-electron chi connectivity index (χ2n) is 4.91. The van der Waals surface area contributed by atoms with Gasteiger partial charge in [0.15, 0.2) is 0 Å². The minimum Gasteiger partial charge on any atom is -0.478 e. The van der Waals surface area contributed by atoms with Crippen LogP contribution < -0.4 is 0 Å². The van der Waals surface area contributed by atoms with E-state index in [-0.39, 0.29) is 58.3 Å². The fourth-order valence-electron chi connectivity index (χ4n) is 1.98. The third-order valence-electron chi connectivity index (χ3n) is 3.18. The van der Waals surface area contributed by atoms with Crippen molar-refractivity contribution in [3.63, 3.8) is 0 Å². The van der Waals surface area contributed by atoms with Crippen LogP contribution in [0.15, 0.2) is 73.1 Å². The van der Waals surface area contributed by atoms with Crippen molar-refractivity contribution in [2.75, 3.05) is 0 Å². The average molecular weight is 593 g/mol. The number of aromatic nitrogens is 2. The summed E-state index contributed by atoms with van der Waals surface area (Å²) in [5.41, 5.74) is 0.465. The second kappa shape index (κ2) is 15.7. The van der Waals surface area contributed by atoms with Crippen LogP contribution in [0.1, 0.15) is 36.9 Å². The molecule has 0 fully saturated rings. The molecule has 2 heterocycles. The zero-order valence-corrected chi connectivity index (χ0v) is 18.5. The number of carbonyl (C=O) groups excluding carboxylic acids is 1. The van der Waals surface area contributed by atoms with Crippen LogP contribution in [-0.2, 0) is 21.1 Å². The van der Waals surface area contributed by atoms with E-state index in [9.17, 15) is 14.4 Å². The summed E-state index contributed by atoms with van der Waals surface area (Å²) in [6.45, 7) is 0. The van der Waals surface area contributed by atoms with Gasteiger partial charge in [-0.3, -0.25) is 14.8 Å². The number of pyridine rings is 2. The maximum atomic E-state index is 11.7. The maximum Gasteiger partial charge on any atom is 2.00 e. The summed E-state index contributed by atoms with van der Waals surface area (Å²) >= 11 is 0. The molecule has 0 radical (unpaired) electrons. The quantitative estimate of drug-likeness (QED) is 0.349. The fraction of sp³-hybridized carbons (Fsp3) is 0. The van der Waals surface area contributed by atoms with E-state index in [0.29, 0.717) is 11.4 Å². The Labute approximate surface area is 189 Å². The molecule has 0 atom stereocenters. The van der Waals surface area contributed by atoms with Crippen LogP contribution in [0.2, 0.25) is 0 Å². The SMILES string of the molecule is O.O=C(O)c1ccccc1C(=O)O.O=C(c1ccccn1)c1ccccn1.[CH3-].[CH3-].[Pt+2]. The Morgan fingerprint density at radius 3 is 1.23 bits per heavy atom. The van der Waals surface area contributed by atoms with Gasteiger partial charge in [0.1, 0.15) is 11.4 Å². The van der Waals surface area contributed by atoms with Crippen LogP contribution in [0.4, 0.5) is 0 Å². The number of rotatable bonds is 4. The number of hydrogen-bond acceptors (Lipinski definition) is 5. The van der Waals surface area contributed by atoms with Crippen molar-refractivity contribution in [1.82, 2.24) is 9.97 Å². The van der Waals surface area contributed by atoms with E-state index < -0.39 is 11.9 Å². The van der Waals surface area contributed by atoms with Crippen molar-refractivity contribution in [3.8, 4) is 0 Å². The number of aromatic carboxylic acids is 2. The zero-order chi connectivity index (χ0) is 18.9. The van der Waals surface area contributed by atoms with Crippen LogP contribution in [-0.4, -0.2) is 43.4 Å². The molecule has 9 heteroatoms. The molecule has 0 aliphatic heterocycles. The Hall–Kier alpha value is -3.22. The molecule has 1 aromatic carbocycles. The van der Waals surface area contributed by atoms with Crippen LogP contribution in [0.5, 0.6) is 0 Å². The van der Waals surface area contributed by atoms with Gasteiger partial charge >= 0.3 is 33.0 Å². The van der Waals surface area contributed by atoms with E-state index in [1.807, 2.05) is 0 Å². The standard InChI is InChI=1S/C11H8N2O.C8H6O4.2CH3.H2O.Pt/c14-11(9-5-1-3-7-12-9)10-6-2-4-8-13-10;9-7(10)5-3-1-2-4-6(5)8(11)12;;;;/h1-8H;1-4H,(H,9,10)(H,11,12);2*1H3;1H2;/q;;2*-1;;+2. The molecule has 4 N–H and O–H groups in total.